The van der Waals surface area contributed by atoms with Crippen molar-refractivity contribution in [3.05, 3.63) is 12.2 Å². The molecule has 2 spiro atoms. The maximum Gasteiger partial charge on any atom is 0.309 e. The molecule has 5 N–H and O–H groups in total. The number of carbonyl (C=O) groups is 1. The van der Waals surface area contributed by atoms with Crippen LogP contribution in [0.25, 0.3) is 0 Å². The van der Waals surface area contributed by atoms with Gasteiger partial charge in [-0.1, -0.05) is 55.4 Å². The topological polar surface area (TPSA) is 164 Å². The molecule has 0 saturated carbocycles. The number of hydrogen-bond acceptors (Lipinski definition) is 10. The molecule has 11 nitrogen and oxygen atoms in total. The molecular weight excluding hydrogens is 680 g/mol. The number of rotatable bonds is 12. The van der Waals surface area contributed by atoms with Crippen LogP contribution in [0, 0.1) is 41.4 Å². The molecule has 5 rings (SSSR count). The van der Waals surface area contributed by atoms with Gasteiger partial charge in [0.2, 0.25) is 5.79 Å². The Balaban J connectivity index is 1.31. The third kappa shape index (κ3) is 8.04. The third-order valence-electron chi connectivity index (χ3n) is 14.7. The summed E-state index contributed by atoms with van der Waals surface area (Å²) >= 11 is 0. The number of carboxylic acid groups (broad SMARTS) is 1. The lowest BCUT2D eigenvalue weighted by Crippen LogP contribution is -2.63. The summed E-state index contributed by atoms with van der Waals surface area (Å²) in [4.78, 5) is 11.9. The Hall–Kier alpha value is -1.15. The largest absolute Gasteiger partial charge is 0.481 e. The lowest BCUT2D eigenvalue weighted by molar-refractivity contribution is -0.411. The number of ether oxygens (including phenoxy) is 5. The number of aliphatic carboxylic acids is 1. The van der Waals surface area contributed by atoms with E-state index in [1.807, 2.05) is 54.5 Å². The van der Waals surface area contributed by atoms with E-state index >= 15 is 0 Å². The van der Waals surface area contributed by atoms with Crippen molar-refractivity contribution < 1.29 is 54.0 Å². The molecule has 0 radical (unpaired) electrons. The van der Waals surface area contributed by atoms with Gasteiger partial charge in [-0.15, -0.1) is 0 Å². The zero-order chi connectivity index (χ0) is 39.3. The van der Waals surface area contributed by atoms with Crippen LogP contribution in [0.3, 0.4) is 0 Å². The van der Waals surface area contributed by atoms with Crippen molar-refractivity contribution in [1.29, 1.82) is 0 Å². The molecule has 53 heavy (non-hydrogen) atoms. The molecule has 0 aromatic rings. The lowest BCUT2D eigenvalue weighted by atomic mass is 9.72. The summed E-state index contributed by atoms with van der Waals surface area (Å²) in [5, 5.41) is 56.1. The first-order valence-corrected chi connectivity index (χ1v) is 20.9. The second kappa shape index (κ2) is 16.4. The number of aliphatic hydroxyl groups excluding tert-OH is 3. The first kappa shape index (κ1) is 43.0. The standard InChI is InChI=1S/C42H72O11/c1-11-29(38(46)47)31-15-14-23(4)36(50-31)27(8)34(44)26(7)35(45)30(12-2)37-24(5)22-25(6)41(51-37)19-16-32(43)42(53-41)21-20-39(10,52-42)33-17-18-40(48,13-3)28(9)49-33/h16,19,23-37,43-45,48H,11-15,17-18,20-22H2,1-10H3,(H,46,47)/t23-,24-,25+,26-,27-,28-,29+,30-,31+,32+,33+,34+,35-,36+,37-,39-,40+,41-,42-/m0/s1. The summed E-state index contributed by atoms with van der Waals surface area (Å²) in [6.45, 7) is 19.9. The van der Waals surface area contributed by atoms with E-state index in [0.717, 1.165) is 12.8 Å². The van der Waals surface area contributed by atoms with E-state index in [2.05, 4.69) is 20.8 Å². The SMILES string of the molecule is CC[C@@H]([C@@H](O)[C@@H](C)[C@@H](O)[C@H](C)[C@@H]1O[C@@H]([C@@H](CC)C(=O)O)CC[C@@H]1C)[C@H]1O[C@]2(C=C[C@@H](O)[C@]3(CC[C@@](C)([C@H]4CC[C@](O)(CC)[C@H](C)O4)O3)O2)[C@H](C)C[C@@H]1C. The van der Waals surface area contributed by atoms with Crippen LogP contribution in [-0.4, -0.2) is 103 Å². The number of carboxylic acids is 1. The summed E-state index contributed by atoms with van der Waals surface area (Å²) in [6, 6.07) is 0. The molecule has 0 aromatic heterocycles. The van der Waals surface area contributed by atoms with E-state index in [0.29, 0.717) is 51.4 Å². The highest BCUT2D eigenvalue weighted by Crippen LogP contribution is 2.54. The average molecular weight is 753 g/mol. The molecule has 306 valence electrons. The summed E-state index contributed by atoms with van der Waals surface area (Å²) in [7, 11) is 0. The predicted molar refractivity (Wildman–Crippen MR) is 200 cm³/mol. The molecule has 0 unspecified atom stereocenters. The summed E-state index contributed by atoms with van der Waals surface area (Å²) in [6.07, 6.45) is 5.20. The molecule has 5 aliphatic heterocycles. The first-order valence-electron chi connectivity index (χ1n) is 20.9. The Kier molecular flexibility index (Phi) is 13.3. The van der Waals surface area contributed by atoms with Gasteiger partial charge in [0.05, 0.1) is 59.8 Å². The molecule has 11 heteroatoms. The first-order chi connectivity index (χ1) is 24.8. The fourth-order valence-electron chi connectivity index (χ4n) is 10.7. The van der Waals surface area contributed by atoms with E-state index in [1.165, 1.54) is 0 Å². The van der Waals surface area contributed by atoms with Crippen LogP contribution < -0.4 is 0 Å². The van der Waals surface area contributed by atoms with Gasteiger partial charge in [0.25, 0.3) is 0 Å². The van der Waals surface area contributed by atoms with Crippen LogP contribution in [0.4, 0.5) is 0 Å². The molecule has 4 fully saturated rings. The maximum atomic E-state index is 12.1. The predicted octanol–water partition coefficient (Wildman–Crippen LogP) is 5.98. The van der Waals surface area contributed by atoms with Crippen LogP contribution in [0.5, 0.6) is 0 Å². The van der Waals surface area contributed by atoms with E-state index in [9.17, 15) is 30.3 Å². The van der Waals surface area contributed by atoms with Crippen molar-refractivity contribution in [3.8, 4) is 0 Å². The molecule has 0 aromatic carbocycles. The fraction of sp³-hybridized carbons (Fsp3) is 0.929. The van der Waals surface area contributed by atoms with Gasteiger partial charge in [0, 0.05) is 30.1 Å². The molecular formula is C42H72O11. The average Bonchev–Trinajstić information content (AvgIpc) is 3.47. The van der Waals surface area contributed by atoms with Crippen molar-refractivity contribution in [2.24, 2.45) is 41.4 Å². The van der Waals surface area contributed by atoms with E-state index in [4.69, 9.17) is 23.7 Å². The molecule has 5 heterocycles. The van der Waals surface area contributed by atoms with Gasteiger partial charge in [-0.3, -0.25) is 4.79 Å². The van der Waals surface area contributed by atoms with Crippen molar-refractivity contribution >= 4 is 5.97 Å². The Bertz CT molecular complexity index is 1280. The van der Waals surface area contributed by atoms with E-state index in [-0.39, 0.29) is 47.9 Å². The normalized spacial score (nSPS) is 46.9. The van der Waals surface area contributed by atoms with Crippen LogP contribution >= 0.6 is 0 Å². The van der Waals surface area contributed by atoms with Crippen molar-refractivity contribution in [1.82, 2.24) is 0 Å². The number of hydrogen-bond donors (Lipinski definition) is 5. The summed E-state index contributed by atoms with van der Waals surface area (Å²) in [5.74, 6) is -5.03. The van der Waals surface area contributed by atoms with Gasteiger partial charge >= 0.3 is 5.97 Å². The lowest BCUT2D eigenvalue weighted by Gasteiger charge is -2.55. The molecule has 4 saturated heterocycles. The summed E-state index contributed by atoms with van der Waals surface area (Å²) in [5.41, 5.74) is -1.61. The zero-order valence-electron chi connectivity index (χ0n) is 34.1. The maximum absolute atomic E-state index is 12.1. The van der Waals surface area contributed by atoms with Gasteiger partial charge in [0.15, 0.2) is 5.79 Å². The van der Waals surface area contributed by atoms with E-state index < -0.39 is 71.1 Å². The second-order valence-electron chi connectivity index (χ2n) is 18.1. The van der Waals surface area contributed by atoms with Crippen molar-refractivity contribution in [2.75, 3.05) is 0 Å². The zero-order valence-corrected chi connectivity index (χ0v) is 34.1. The van der Waals surface area contributed by atoms with Crippen molar-refractivity contribution in [3.63, 3.8) is 0 Å². The highest BCUT2D eigenvalue weighted by atomic mass is 16.8. The van der Waals surface area contributed by atoms with Gasteiger partial charge in [0.1, 0.15) is 6.10 Å². The molecule has 19 atom stereocenters. The van der Waals surface area contributed by atoms with Crippen LogP contribution in [-0.2, 0) is 28.5 Å². The monoisotopic (exact) mass is 753 g/mol. The molecule has 0 amide bonds. The van der Waals surface area contributed by atoms with Crippen LogP contribution in [0.2, 0.25) is 0 Å². The van der Waals surface area contributed by atoms with Gasteiger partial charge in [-0.2, -0.15) is 0 Å². The minimum Gasteiger partial charge on any atom is -0.481 e. The smallest absolute Gasteiger partial charge is 0.309 e. The Labute approximate surface area is 318 Å². The minimum absolute atomic E-state index is 0.0745. The van der Waals surface area contributed by atoms with Gasteiger partial charge in [-0.25, -0.2) is 0 Å². The van der Waals surface area contributed by atoms with Crippen molar-refractivity contribution in [2.45, 2.75) is 205 Å². The van der Waals surface area contributed by atoms with E-state index in [1.54, 1.807) is 6.08 Å². The third-order valence-corrected chi connectivity index (χ3v) is 14.7. The van der Waals surface area contributed by atoms with Gasteiger partial charge < -0.3 is 49.2 Å². The van der Waals surface area contributed by atoms with Gasteiger partial charge in [-0.05, 0) is 95.6 Å². The van der Waals surface area contributed by atoms with Crippen LogP contribution in [0.15, 0.2) is 12.2 Å². The van der Waals surface area contributed by atoms with Crippen LogP contribution in [0.1, 0.15) is 133 Å². The molecule has 0 aliphatic carbocycles. The Morgan fingerprint density at radius 1 is 0.887 bits per heavy atom. The Morgan fingerprint density at radius 2 is 1.58 bits per heavy atom. The highest BCUT2D eigenvalue weighted by molar-refractivity contribution is 5.70. The Morgan fingerprint density at radius 3 is 2.19 bits per heavy atom. The molecule has 0 bridgehead atoms. The second-order valence-corrected chi connectivity index (χ2v) is 18.1. The number of aliphatic hydroxyl groups is 4. The fourth-order valence-corrected chi connectivity index (χ4v) is 10.7. The summed E-state index contributed by atoms with van der Waals surface area (Å²) < 4.78 is 33.6. The molecule has 5 aliphatic rings. The quantitative estimate of drug-likeness (QED) is 0.149. The minimum atomic E-state index is -1.35. The highest BCUT2D eigenvalue weighted by Gasteiger charge is 2.63.